The molecule has 0 fully saturated rings. The van der Waals surface area contributed by atoms with Crippen LogP contribution in [0.4, 0.5) is 0 Å². The normalized spacial score (nSPS) is 11.9. The van der Waals surface area contributed by atoms with Crippen molar-refractivity contribution < 1.29 is 29.2 Å². The average Bonchev–Trinajstić information content (AvgIpc) is 3.23. The number of aliphatic hydroxyl groups excluding tert-OH is 2. The molecular formula is C46H50N2O8. The number of pyridine rings is 2. The number of rotatable bonds is 18. The van der Waals surface area contributed by atoms with Crippen molar-refractivity contribution in [3.8, 4) is 11.5 Å². The third kappa shape index (κ3) is 12.9. The van der Waals surface area contributed by atoms with Crippen LogP contribution in [0, 0.1) is 13.8 Å². The summed E-state index contributed by atoms with van der Waals surface area (Å²) in [6, 6.07) is 42.5. The van der Waals surface area contributed by atoms with Crippen LogP contribution in [0.25, 0.3) is 0 Å². The van der Waals surface area contributed by atoms with Gasteiger partial charge in [0, 0.05) is 24.5 Å². The third-order valence-corrected chi connectivity index (χ3v) is 8.99. The van der Waals surface area contributed by atoms with Crippen LogP contribution in [0.1, 0.15) is 33.6 Å². The zero-order valence-electron chi connectivity index (χ0n) is 31.9. The molecule has 6 rings (SSSR count). The van der Waals surface area contributed by atoms with Crippen molar-refractivity contribution in [3.05, 3.63) is 200 Å². The molecule has 2 aromatic heterocycles. The number of nitrogens with zero attached hydrogens (tertiary/aromatic N) is 2. The Labute approximate surface area is 327 Å². The van der Waals surface area contributed by atoms with E-state index in [0.29, 0.717) is 51.0 Å². The van der Waals surface area contributed by atoms with Crippen LogP contribution in [-0.2, 0) is 49.0 Å². The minimum absolute atomic E-state index is 0.128. The van der Waals surface area contributed by atoms with Crippen molar-refractivity contribution in [2.75, 3.05) is 13.2 Å². The maximum atomic E-state index is 12.5. The van der Waals surface area contributed by atoms with Crippen molar-refractivity contribution >= 4 is 0 Å². The predicted molar refractivity (Wildman–Crippen MR) is 217 cm³/mol. The number of ether oxygens (including phenoxy) is 4. The van der Waals surface area contributed by atoms with Crippen molar-refractivity contribution in [1.29, 1.82) is 0 Å². The molecule has 2 unspecified atom stereocenters. The molecule has 0 bridgehead atoms. The minimum Gasteiger partial charge on any atom is -0.483 e. The van der Waals surface area contributed by atoms with Gasteiger partial charge >= 0.3 is 0 Å². The van der Waals surface area contributed by atoms with E-state index in [9.17, 15) is 14.7 Å². The molecule has 0 spiro atoms. The second kappa shape index (κ2) is 21.9. The SMILES string of the molecule is Cc1c(OCc2ccccc2)c(=O)ccn1CC(COCc1ccccc1)OCc1ccccc1.Cc1c(OCc2ccccc2)c(=O)ccn1CC(O)CO. The van der Waals surface area contributed by atoms with Crippen LogP contribution in [0.5, 0.6) is 11.5 Å². The van der Waals surface area contributed by atoms with E-state index < -0.39 is 6.10 Å². The summed E-state index contributed by atoms with van der Waals surface area (Å²) in [5, 5.41) is 18.4. The summed E-state index contributed by atoms with van der Waals surface area (Å²) >= 11 is 0. The number of hydrogen-bond donors (Lipinski definition) is 2. The quantitative estimate of drug-likeness (QED) is 0.100. The summed E-state index contributed by atoms with van der Waals surface area (Å²) in [5.74, 6) is 0.634. The van der Waals surface area contributed by atoms with Crippen molar-refractivity contribution in [1.82, 2.24) is 9.13 Å². The standard InChI is InChI=1S/C30H31NO4.C16H19NO4/c1-24-30(35-22-27-15-9-4-10-16-27)29(32)17-18-31(24)19-28(34-21-26-13-7-3-8-14-26)23-33-20-25-11-5-2-6-12-25;1-12-16(21-11-13-5-3-2-4-6-13)15(20)7-8-17(12)9-14(19)10-18/h2-18,28H,19-23H2,1H3;2-8,14,18-19H,9-11H2,1H3. The topological polar surface area (TPSA) is 121 Å². The summed E-state index contributed by atoms with van der Waals surface area (Å²) in [6.45, 7) is 6.15. The van der Waals surface area contributed by atoms with E-state index in [1.54, 1.807) is 30.0 Å². The molecule has 0 amide bonds. The van der Waals surface area contributed by atoms with E-state index in [1.807, 2.05) is 133 Å². The maximum Gasteiger partial charge on any atom is 0.223 e. The second-order valence-electron chi connectivity index (χ2n) is 13.3. The second-order valence-corrected chi connectivity index (χ2v) is 13.3. The fourth-order valence-electron chi connectivity index (χ4n) is 5.84. The number of aliphatic hydroxyl groups is 2. The molecule has 0 radical (unpaired) electrons. The summed E-state index contributed by atoms with van der Waals surface area (Å²) in [5.41, 5.74) is 5.28. The molecule has 10 nitrogen and oxygen atoms in total. The predicted octanol–water partition coefficient (Wildman–Crippen LogP) is 6.63. The summed E-state index contributed by atoms with van der Waals surface area (Å²) in [4.78, 5) is 24.5. The molecule has 56 heavy (non-hydrogen) atoms. The Balaban J connectivity index is 0.000000244. The van der Waals surface area contributed by atoms with Crippen LogP contribution in [0.15, 0.2) is 155 Å². The monoisotopic (exact) mass is 758 g/mol. The van der Waals surface area contributed by atoms with Crippen LogP contribution < -0.4 is 20.3 Å². The highest BCUT2D eigenvalue weighted by molar-refractivity contribution is 5.29. The van der Waals surface area contributed by atoms with E-state index in [2.05, 4.69) is 0 Å². The Morgan fingerprint density at radius 2 is 0.929 bits per heavy atom. The maximum absolute atomic E-state index is 12.5. The number of benzene rings is 4. The molecule has 292 valence electrons. The summed E-state index contributed by atoms with van der Waals surface area (Å²) in [7, 11) is 0. The molecule has 4 aromatic carbocycles. The molecule has 10 heteroatoms. The molecule has 2 heterocycles. The molecule has 2 N–H and O–H groups in total. The molecule has 6 aromatic rings. The fraction of sp³-hybridized carbons (Fsp3) is 0.261. The van der Waals surface area contributed by atoms with Gasteiger partial charge in [0.2, 0.25) is 10.9 Å². The highest BCUT2D eigenvalue weighted by atomic mass is 16.5. The van der Waals surface area contributed by atoms with Gasteiger partial charge in [-0.2, -0.15) is 0 Å². The first-order valence-electron chi connectivity index (χ1n) is 18.6. The largest absolute Gasteiger partial charge is 0.483 e. The summed E-state index contributed by atoms with van der Waals surface area (Å²) in [6.07, 6.45) is 2.31. The van der Waals surface area contributed by atoms with E-state index in [-0.39, 0.29) is 35.9 Å². The van der Waals surface area contributed by atoms with Gasteiger partial charge in [-0.3, -0.25) is 9.59 Å². The smallest absolute Gasteiger partial charge is 0.223 e. The lowest BCUT2D eigenvalue weighted by molar-refractivity contribution is -0.0376. The van der Waals surface area contributed by atoms with Crippen LogP contribution in [0.2, 0.25) is 0 Å². The van der Waals surface area contributed by atoms with Gasteiger partial charge in [-0.05, 0) is 36.1 Å². The summed E-state index contributed by atoms with van der Waals surface area (Å²) < 4.78 is 27.5. The molecule has 0 aliphatic heterocycles. The van der Waals surface area contributed by atoms with Crippen LogP contribution in [0.3, 0.4) is 0 Å². The number of hydrogen-bond acceptors (Lipinski definition) is 8. The fourth-order valence-corrected chi connectivity index (χ4v) is 5.84. The van der Waals surface area contributed by atoms with Crippen molar-refractivity contribution in [2.45, 2.75) is 65.6 Å². The number of aromatic nitrogens is 2. The Hall–Kier alpha value is -5.78. The van der Waals surface area contributed by atoms with E-state index in [1.165, 1.54) is 6.07 Å². The molecule has 0 aliphatic carbocycles. The first kappa shape index (κ1) is 41.4. The Kier molecular flexibility index (Phi) is 16.2. The van der Waals surface area contributed by atoms with Crippen molar-refractivity contribution in [3.63, 3.8) is 0 Å². The Bertz CT molecular complexity index is 2160. The van der Waals surface area contributed by atoms with E-state index in [0.717, 1.165) is 27.9 Å². The zero-order valence-corrected chi connectivity index (χ0v) is 31.9. The molecule has 0 saturated carbocycles. The van der Waals surface area contributed by atoms with E-state index in [4.69, 9.17) is 24.1 Å². The third-order valence-electron chi connectivity index (χ3n) is 8.99. The van der Waals surface area contributed by atoms with Gasteiger partial charge in [0.05, 0.1) is 63.1 Å². The van der Waals surface area contributed by atoms with Crippen LogP contribution in [-0.4, -0.2) is 44.8 Å². The molecular weight excluding hydrogens is 709 g/mol. The van der Waals surface area contributed by atoms with Gasteiger partial charge in [-0.15, -0.1) is 0 Å². The lowest BCUT2D eigenvalue weighted by Crippen LogP contribution is -2.27. The minimum atomic E-state index is -0.867. The zero-order chi connectivity index (χ0) is 39.5. The van der Waals surface area contributed by atoms with Gasteiger partial charge in [0.15, 0.2) is 11.5 Å². The molecule has 0 aliphatic rings. The van der Waals surface area contributed by atoms with Gasteiger partial charge in [-0.25, -0.2) is 0 Å². The molecule has 2 atom stereocenters. The van der Waals surface area contributed by atoms with Gasteiger partial charge in [0.25, 0.3) is 0 Å². The van der Waals surface area contributed by atoms with E-state index >= 15 is 0 Å². The Morgan fingerprint density at radius 3 is 1.36 bits per heavy atom. The average molecular weight is 759 g/mol. The highest BCUT2D eigenvalue weighted by Crippen LogP contribution is 2.17. The van der Waals surface area contributed by atoms with Gasteiger partial charge in [0.1, 0.15) is 13.2 Å². The lowest BCUT2D eigenvalue weighted by Gasteiger charge is -2.22. The van der Waals surface area contributed by atoms with Crippen LogP contribution >= 0.6 is 0 Å². The highest BCUT2D eigenvalue weighted by Gasteiger charge is 2.16. The first-order chi connectivity index (χ1) is 27.3. The van der Waals surface area contributed by atoms with Crippen molar-refractivity contribution in [2.24, 2.45) is 0 Å². The first-order valence-corrected chi connectivity index (χ1v) is 18.6. The van der Waals surface area contributed by atoms with Gasteiger partial charge < -0.3 is 38.3 Å². The van der Waals surface area contributed by atoms with Gasteiger partial charge in [-0.1, -0.05) is 121 Å². The lowest BCUT2D eigenvalue weighted by atomic mass is 10.2. The molecule has 0 saturated heterocycles. The Morgan fingerprint density at radius 1 is 0.536 bits per heavy atom.